The lowest BCUT2D eigenvalue weighted by Gasteiger charge is -2.26. The second kappa shape index (κ2) is 10.7. The van der Waals surface area contributed by atoms with Gasteiger partial charge in [-0.1, -0.05) is 66.8 Å². The lowest BCUT2D eigenvalue weighted by Crippen LogP contribution is -2.44. The molecule has 0 bridgehead atoms. The van der Waals surface area contributed by atoms with Crippen LogP contribution in [0.2, 0.25) is 0 Å². The van der Waals surface area contributed by atoms with E-state index in [1.165, 1.54) is 23.5 Å². The maximum atomic E-state index is 13.0. The summed E-state index contributed by atoms with van der Waals surface area (Å²) in [6.07, 6.45) is 7.93. The number of rotatable bonds is 7. The summed E-state index contributed by atoms with van der Waals surface area (Å²) in [6, 6.07) is 14.8. The summed E-state index contributed by atoms with van der Waals surface area (Å²) in [7, 11) is 0. The first-order chi connectivity index (χ1) is 14.9. The monoisotopic (exact) mass is 418 g/mol. The van der Waals surface area contributed by atoms with Crippen LogP contribution in [-0.2, 0) is 9.59 Å². The predicted octanol–water partition coefficient (Wildman–Crippen LogP) is 4.52. The molecule has 1 fully saturated rings. The van der Waals surface area contributed by atoms with E-state index in [-0.39, 0.29) is 24.3 Å². The van der Waals surface area contributed by atoms with Gasteiger partial charge in [0, 0.05) is 23.4 Å². The number of carbonyl (C=O) groups is 3. The van der Waals surface area contributed by atoms with Gasteiger partial charge in [0.15, 0.2) is 5.78 Å². The molecule has 1 aliphatic rings. The van der Waals surface area contributed by atoms with E-state index in [1.807, 2.05) is 50.2 Å². The normalized spacial score (nSPS) is 14.4. The van der Waals surface area contributed by atoms with Crippen LogP contribution in [0.3, 0.4) is 0 Å². The first-order valence-corrected chi connectivity index (χ1v) is 10.9. The highest BCUT2D eigenvalue weighted by Gasteiger charge is 2.21. The SMILES string of the molecule is Cc1ccc(C(=O)/C=C/C(=O)N(CC(=O)NC2CCCCC2)c2ccc(C)cc2)cc1. The van der Waals surface area contributed by atoms with Crippen LogP contribution in [-0.4, -0.2) is 30.2 Å². The number of anilines is 1. The number of allylic oxidation sites excluding steroid dienone is 1. The first-order valence-electron chi connectivity index (χ1n) is 10.9. The average Bonchev–Trinajstić information content (AvgIpc) is 2.77. The van der Waals surface area contributed by atoms with Gasteiger partial charge >= 0.3 is 0 Å². The quantitative estimate of drug-likeness (QED) is 0.531. The highest BCUT2D eigenvalue weighted by Crippen LogP contribution is 2.19. The van der Waals surface area contributed by atoms with Crippen molar-refractivity contribution in [1.82, 2.24) is 5.32 Å². The van der Waals surface area contributed by atoms with E-state index in [9.17, 15) is 14.4 Å². The van der Waals surface area contributed by atoms with Gasteiger partial charge in [0.2, 0.25) is 5.91 Å². The molecule has 2 aromatic rings. The van der Waals surface area contributed by atoms with Gasteiger partial charge in [-0.2, -0.15) is 0 Å². The van der Waals surface area contributed by atoms with Crippen LogP contribution in [0.15, 0.2) is 60.7 Å². The standard InChI is InChI=1S/C26H30N2O3/c1-19-8-12-21(13-9-19)24(29)16-17-26(31)28(23-14-10-20(2)11-15-23)18-25(30)27-22-6-4-3-5-7-22/h8-17,22H,3-7,18H2,1-2H3,(H,27,30)/b17-16+. The largest absolute Gasteiger partial charge is 0.352 e. The zero-order chi connectivity index (χ0) is 22.2. The molecule has 0 radical (unpaired) electrons. The number of amides is 2. The van der Waals surface area contributed by atoms with Gasteiger partial charge in [0.25, 0.3) is 5.91 Å². The molecule has 0 aliphatic heterocycles. The van der Waals surface area contributed by atoms with E-state index >= 15 is 0 Å². The van der Waals surface area contributed by atoms with E-state index in [0.29, 0.717) is 11.3 Å². The predicted molar refractivity (Wildman–Crippen MR) is 123 cm³/mol. The molecule has 0 unspecified atom stereocenters. The Bertz CT molecular complexity index is 940. The Labute approximate surface area is 184 Å². The number of nitrogens with one attached hydrogen (secondary N) is 1. The Balaban J connectivity index is 1.72. The molecule has 0 spiro atoms. The number of hydrogen-bond donors (Lipinski definition) is 1. The van der Waals surface area contributed by atoms with E-state index in [1.54, 1.807) is 12.1 Å². The molecule has 2 aromatic carbocycles. The van der Waals surface area contributed by atoms with Crippen LogP contribution in [0.1, 0.15) is 53.6 Å². The molecule has 1 aliphatic carbocycles. The Kier molecular flexibility index (Phi) is 7.76. The molecule has 5 heteroatoms. The van der Waals surface area contributed by atoms with E-state index in [4.69, 9.17) is 0 Å². The third kappa shape index (κ3) is 6.64. The summed E-state index contributed by atoms with van der Waals surface area (Å²) < 4.78 is 0. The molecule has 0 saturated heterocycles. The van der Waals surface area contributed by atoms with Crippen LogP contribution in [0.25, 0.3) is 0 Å². The fourth-order valence-electron chi connectivity index (χ4n) is 3.74. The second-order valence-electron chi connectivity index (χ2n) is 8.23. The van der Waals surface area contributed by atoms with Crippen molar-refractivity contribution in [2.45, 2.75) is 52.0 Å². The molecular weight excluding hydrogens is 388 g/mol. The molecule has 1 N–H and O–H groups in total. The maximum Gasteiger partial charge on any atom is 0.251 e. The van der Waals surface area contributed by atoms with Crippen molar-refractivity contribution < 1.29 is 14.4 Å². The number of hydrogen-bond acceptors (Lipinski definition) is 3. The lowest BCUT2D eigenvalue weighted by molar-refractivity contribution is -0.123. The Morgan fingerprint density at radius 1 is 0.871 bits per heavy atom. The average molecular weight is 419 g/mol. The van der Waals surface area contributed by atoms with Gasteiger partial charge in [0.1, 0.15) is 6.54 Å². The number of aryl methyl sites for hydroxylation is 2. The third-order valence-electron chi connectivity index (χ3n) is 5.60. The Morgan fingerprint density at radius 3 is 2.06 bits per heavy atom. The van der Waals surface area contributed by atoms with Crippen LogP contribution in [0.4, 0.5) is 5.69 Å². The van der Waals surface area contributed by atoms with Crippen molar-refractivity contribution in [2.75, 3.05) is 11.4 Å². The van der Waals surface area contributed by atoms with Crippen molar-refractivity contribution in [3.8, 4) is 0 Å². The van der Waals surface area contributed by atoms with Crippen LogP contribution < -0.4 is 10.2 Å². The lowest BCUT2D eigenvalue weighted by atomic mass is 9.95. The highest BCUT2D eigenvalue weighted by molar-refractivity contribution is 6.11. The van der Waals surface area contributed by atoms with Gasteiger partial charge in [-0.3, -0.25) is 19.3 Å². The number of benzene rings is 2. The molecule has 0 heterocycles. The van der Waals surface area contributed by atoms with Crippen molar-refractivity contribution >= 4 is 23.3 Å². The summed E-state index contributed by atoms with van der Waals surface area (Å²) >= 11 is 0. The topological polar surface area (TPSA) is 66.5 Å². The van der Waals surface area contributed by atoms with Gasteiger partial charge < -0.3 is 5.32 Å². The minimum atomic E-state index is -0.400. The molecule has 5 nitrogen and oxygen atoms in total. The van der Waals surface area contributed by atoms with Gasteiger partial charge in [-0.25, -0.2) is 0 Å². The smallest absolute Gasteiger partial charge is 0.251 e. The van der Waals surface area contributed by atoms with Gasteiger partial charge in [-0.15, -0.1) is 0 Å². The molecule has 0 atom stereocenters. The van der Waals surface area contributed by atoms with Crippen LogP contribution in [0, 0.1) is 13.8 Å². The molecule has 31 heavy (non-hydrogen) atoms. The molecule has 2 amide bonds. The number of nitrogens with zero attached hydrogens (tertiary/aromatic N) is 1. The molecular formula is C26H30N2O3. The number of carbonyl (C=O) groups excluding carboxylic acids is 3. The summed E-state index contributed by atoms with van der Waals surface area (Å²) in [4.78, 5) is 39.4. The molecule has 162 valence electrons. The minimum absolute atomic E-state index is 0.0819. The maximum absolute atomic E-state index is 13.0. The van der Waals surface area contributed by atoms with Crippen molar-refractivity contribution in [3.63, 3.8) is 0 Å². The zero-order valence-electron chi connectivity index (χ0n) is 18.3. The molecule has 0 aromatic heterocycles. The summed E-state index contributed by atoms with van der Waals surface area (Å²) in [5, 5.41) is 3.06. The van der Waals surface area contributed by atoms with Crippen molar-refractivity contribution in [2.24, 2.45) is 0 Å². The zero-order valence-corrected chi connectivity index (χ0v) is 18.3. The highest BCUT2D eigenvalue weighted by atomic mass is 16.2. The Morgan fingerprint density at radius 2 is 1.45 bits per heavy atom. The first kappa shape index (κ1) is 22.5. The minimum Gasteiger partial charge on any atom is -0.352 e. The van der Waals surface area contributed by atoms with E-state index < -0.39 is 5.91 Å². The fraction of sp³-hybridized carbons (Fsp3) is 0.346. The third-order valence-corrected chi connectivity index (χ3v) is 5.60. The molecule has 3 rings (SSSR count). The van der Waals surface area contributed by atoms with Gasteiger partial charge in [-0.05, 0) is 44.9 Å². The summed E-state index contributed by atoms with van der Waals surface area (Å²) in [5.74, 6) is -0.828. The van der Waals surface area contributed by atoms with Crippen LogP contribution >= 0.6 is 0 Å². The van der Waals surface area contributed by atoms with Gasteiger partial charge in [0.05, 0.1) is 0 Å². The van der Waals surface area contributed by atoms with Crippen molar-refractivity contribution in [1.29, 1.82) is 0 Å². The van der Waals surface area contributed by atoms with Crippen LogP contribution in [0.5, 0.6) is 0 Å². The van der Waals surface area contributed by atoms with E-state index in [2.05, 4.69) is 5.32 Å². The fourth-order valence-corrected chi connectivity index (χ4v) is 3.74. The number of ketones is 1. The summed E-state index contributed by atoms with van der Waals surface area (Å²) in [6.45, 7) is 3.83. The second-order valence-corrected chi connectivity index (χ2v) is 8.23. The van der Waals surface area contributed by atoms with Crippen molar-refractivity contribution in [3.05, 3.63) is 77.4 Å². The Hall–Kier alpha value is -3.21. The van der Waals surface area contributed by atoms with E-state index in [0.717, 1.165) is 36.8 Å². The summed E-state index contributed by atoms with van der Waals surface area (Å²) in [5.41, 5.74) is 3.27. The molecule has 1 saturated carbocycles.